The van der Waals surface area contributed by atoms with Gasteiger partial charge in [-0.1, -0.05) is 36.6 Å². The average molecular weight is 578 g/mol. The van der Waals surface area contributed by atoms with E-state index in [1.54, 1.807) is 0 Å². The first-order valence-electron chi connectivity index (χ1n) is 11.5. The standard InChI is InChI=1S/C30H15F9O2/c1-2-9-40-19-6-4-17(5-7-19)18-12-24(33)28(25(34)13-18)30(38,39)41-20-14-22(31)21(23(32)15-20)8-3-16-10-26(35)29(37)27(36)11-16/h2,4-7,10-15H,1,9H2. The highest BCUT2D eigenvalue weighted by atomic mass is 19.3. The molecule has 0 N–H and O–H groups in total. The third-order valence-corrected chi connectivity index (χ3v) is 5.47. The van der Waals surface area contributed by atoms with Crippen LogP contribution in [0.5, 0.6) is 11.5 Å². The number of alkyl halides is 2. The molecule has 11 heteroatoms. The number of halogens is 9. The molecule has 4 aromatic rings. The van der Waals surface area contributed by atoms with Crippen LogP contribution in [0.2, 0.25) is 0 Å². The summed E-state index contributed by atoms with van der Waals surface area (Å²) in [5, 5.41) is 0. The zero-order chi connectivity index (χ0) is 29.9. The van der Waals surface area contributed by atoms with Crippen LogP contribution in [0, 0.1) is 52.6 Å². The molecule has 0 aliphatic rings. The number of benzene rings is 4. The molecule has 4 aromatic carbocycles. The highest BCUT2D eigenvalue weighted by molar-refractivity contribution is 5.65. The van der Waals surface area contributed by atoms with Crippen LogP contribution in [0.15, 0.2) is 73.3 Å². The van der Waals surface area contributed by atoms with Crippen LogP contribution in [0.3, 0.4) is 0 Å². The van der Waals surface area contributed by atoms with Crippen molar-refractivity contribution >= 4 is 0 Å². The van der Waals surface area contributed by atoms with Gasteiger partial charge in [-0.25, -0.2) is 30.7 Å². The molecule has 0 heterocycles. The summed E-state index contributed by atoms with van der Waals surface area (Å²) in [6.07, 6.45) is -3.21. The average Bonchev–Trinajstić information content (AvgIpc) is 2.89. The molecule has 41 heavy (non-hydrogen) atoms. The molecule has 0 atom stereocenters. The summed E-state index contributed by atoms with van der Waals surface area (Å²) in [4.78, 5) is 0. The molecule has 0 saturated carbocycles. The monoisotopic (exact) mass is 578 g/mol. The first-order chi connectivity index (χ1) is 19.4. The van der Waals surface area contributed by atoms with Crippen LogP contribution in [-0.2, 0) is 6.11 Å². The van der Waals surface area contributed by atoms with Crippen molar-refractivity contribution in [2.45, 2.75) is 6.11 Å². The second kappa shape index (κ2) is 11.7. The van der Waals surface area contributed by atoms with E-state index in [2.05, 4.69) is 11.3 Å². The second-order valence-electron chi connectivity index (χ2n) is 8.32. The minimum absolute atomic E-state index is 0.0873. The SMILES string of the molecule is C=CCOc1ccc(-c2cc(F)c(C(F)(F)Oc3cc(F)c(C#Cc4cc(F)c(F)c(F)c4)c(F)c3)c(F)c2)cc1. The fraction of sp³-hybridized carbons (Fsp3) is 0.0667. The molecular formula is C30H15F9O2. The minimum Gasteiger partial charge on any atom is -0.490 e. The molecule has 0 fully saturated rings. The fourth-order valence-corrected chi connectivity index (χ4v) is 3.61. The van der Waals surface area contributed by atoms with E-state index in [-0.39, 0.29) is 29.9 Å². The molecule has 0 amide bonds. The molecule has 0 bridgehead atoms. The fourth-order valence-electron chi connectivity index (χ4n) is 3.61. The molecule has 0 saturated heterocycles. The molecule has 0 aromatic heterocycles. The van der Waals surface area contributed by atoms with E-state index in [4.69, 9.17) is 4.74 Å². The summed E-state index contributed by atoms with van der Waals surface area (Å²) in [5.74, 6) is -8.22. The van der Waals surface area contributed by atoms with Crippen LogP contribution >= 0.6 is 0 Å². The van der Waals surface area contributed by atoms with Gasteiger partial charge in [0.1, 0.15) is 46.9 Å². The topological polar surface area (TPSA) is 18.5 Å². The Hall–Kier alpha value is -4.85. The van der Waals surface area contributed by atoms with Gasteiger partial charge in [0.15, 0.2) is 17.5 Å². The Labute approximate surface area is 227 Å². The van der Waals surface area contributed by atoms with Crippen LogP contribution in [0.25, 0.3) is 11.1 Å². The predicted octanol–water partition coefficient (Wildman–Crippen LogP) is 8.42. The normalized spacial score (nSPS) is 11.0. The van der Waals surface area contributed by atoms with Crippen LogP contribution in [-0.4, -0.2) is 6.61 Å². The van der Waals surface area contributed by atoms with Crippen molar-refractivity contribution in [3.63, 3.8) is 0 Å². The van der Waals surface area contributed by atoms with Crippen molar-refractivity contribution in [2.24, 2.45) is 0 Å². The summed E-state index contributed by atoms with van der Waals surface area (Å²) in [6.45, 7) is 3.72. The third kappa shape index (κ3) is 6.49. The van der Waals surface area contributed by atoms with Gasteiger partial charge in [0.25, 0.3) is 0 Å². The summed E-state index contributed by atoms with van der Waals surface area (Å²) < 4.78 is 137. The van der Waals surface area contributed by atoms with Gasteiger partial charge in [-0.2, -0.15) is 8.78 Å². The lowest BCUT2D eigenvalue weighted by Gasteiger charge is -2.20. The summed E-state index contributed by atoms with van der Waals surface area (Å²) >= 11 is 0. The van der Waals surface area contributed by atoms with Crippen molar-refractivity contribution in [3.05, 3.63) is 131 Å². The molecule has 0 aliphatic heterocycles. The van der Waals surface area contributed by atoms with Gasteiger partial charge < -0.3 is 9.47 Å². The molecule has 0 aliphatic carbocycles. The lowest BCUT2D eigenvalue weighted by Crippen LogP contribution is -2.25. The Morgan fingerprint density at radius 3 is 1.76 bits per heavy atom. The van der Waals surface area contributed by atoms with Crippen LogP contribution in [0.1, 0.15) is 16.7 Å². The molecule has 4 rings (SSSR count). The van der Waals surface area contributed by atoms with Crippen molar-refractivity contribution < 1.29 is 49.0 Å². The number of rotatable bonds is 7. The van der Waals surface area contributed by atoms with Crippen LogP contribution < -0.4 is 9.47 Å². The van der Waals surface area contributed by atoms with E-state index in [0.29, 0.717) is 30.0 Å². The third-order valence-electron chi connectivity index (χ3n) is 5.47. The van der Waals surface area contributed by atoms with Crippen molar-refractivity contribution in [2.75, 3.05) is 6.61 Å². The second-order valence-corrected chi connectivity index (χ2v) is 8.32. The molecule has 0 radical (unpaired) electrons. The van der Waals surface area contributed by atoms with Gasteiger partial charge in [0.05, 0.1) is 5.56 Å². The molecule has 210 valence electrons. The maximum Gasteiger partial charge on any atom is 0.432 e. The molecule has 0 unspecified atom stereocenters. The van der Waals surface area contributed by atoms with Gasteiger partial charge in [-0.15, -0.1) is 0 Å². The van der Waals surface area contributed by atoms with E-state index >= 15 is 0 Å². The predicted molar refractivity (Wildman–Crippen MR) is 131 cm³/mol. The Balaban J connectivity index is 1.58. The maximum absolute atomic E-state index is 14.8. The van der Waals surface area contributed by atoms with Gasteiger partial charge in [0, 0.05) is 17.7 Å². The van der Waals surface area contributed by atoms with Gasteiger partial charge in [-0.3, -0.25) is 0 Å². The number of hydrogen-bond donors (Lipinski definition) is 0. The zero-order valence-electron chi connectivity index (χ0n) is 20.5. The number of hydrogen-bond acceptors (Lipinski definition) is 2. The lowest BCUT2D eigenvalue weighted by molar-refractivity contribution is -0.189. The smallest absolute Gasteiger partial charge is 0.432 e. The van der Waals surface area contributed by atoms with E-state index < -0.39 is 69.3 Å². The zero-order valence-corrected chi connectivity index (χ0v) is 20.5. The van der Waals surface area contributed by atoms with E-state index in [1.165, 1.54) is 30.3 Å². The maximum atomic E-state index is 14.8. The van der Waals surface area contributed by atoms with Crippen molar-refractivity contribution in [3.8, 4) is 34.5 Å². The molecular weight excluding hydrogens is 563 g/mol. The Morgan fingerprint density at radius 2 is 1.22 bits per heavy atom. The highest BCUT2D eigenvalue weighted by Gasteiger charge is 2.41. The van der Waals surface area contributed by atoms with E-state index in [1.807, 2.05) is 11.8 Å². The Morgan fingerprint density at radius 1 is 0.659 bits per heavy atom. The first-order valence-corrected chi connectivity index (χ1v) is 11.5. The van der Waals surface area contributed by atoms with E-state index in [0.717, 1.165) is 0 Å². The summed E-state index contributed by atoms with van der Waals surface area (Å²) in [5.41, 5.74) is -3.10. The number of ether oxygens (including phenoxy) is 2. The molecule has 2 nitrogen and oxygen atoms in total. The quantitative estimate of drug-likeness (QED) is 0.0949. The van der Waals surface area contributed by atoms with Crippen LogP contribution in [0.4, 0.5) is 39.5 Å². The Kier molecular flexibility index (Phi) is 8.33. The van der Waals surface area contributed by atoms with Crippen molar-refractivity contribution in [1.29, 1.82) is 0 Å². The van der Waals surface area contributed by atoms with Crippen molar-refractivity contribution in [1.82, 2.24) is 0 Å². The highest BCUT2D eigenvalue weighted by Crippen LogP contribution is 2.38. The lowest BCUT2D eigenvalue weighted by atomic mass is 10.0. The largest absolute Gasteiger partial charge is 0.490 e. The van der Waals surface area contributed by atoms with Gasteiger partial charge >= 0.3 is 6.11 Å². The summed E-state index contributed by atoms with van der Waals surface area (Å²) in [7, 11) is 0. The van der Waals surface area contributed by atoms with E-state index in [9.17, 15) is 39.5 Å². The Bertz CT molecular complexity index is 1620. The first kappa shape index (κ1) is 29.1. The van der Waals surface area contributed by atoms with Gasteiger partial charge in [0.2, 0.25) is 0 Å². The molecule has 0 spiro atoms. The summed E-state index contributed by atoms with van der Waals surface area (Å²) in [6, 6.07) is 8.64. The van der Waals surface area contributed by atoms with Gasteiger partial charge in [-0.05, 0) is 47.5 Å². The minimum atomic E-state index is -4.72.